The second-order valence-electron chi connectivity index (χ2n) is 9.87. The maximum absolute atomic E-state index is 13.8. The molecule has 36 heavy (non-hydrogen) atoms. The molecule has 0 bridgehead atoms. The van der Waals surface area contributed by atoms with Gasteiger partial charge in [-0.05, 0) is 68.7 Å². The number of carbonyl (C=O) groups is 1. The van der Waals surface area contributed by atoms with Crippen LogP contribution in [0, 0.1) is 5.82 Å². The molecular formula is C31H38FN3O. The number of hydrogen-bond acceptors (Lipinski definition) is 3. The Balaban J connectivity index is 1.58. The van der Waals surface area contributed by atoms with Crippen LogP contribution in [0.15, 0.2) is 78.9 Å². The molecule has 3 unspecified atom stereocenters. The predicted molar refractivity (Wildman–Crippen MR) is 144 cm³/mol. The molecule has 1 aliphatic rings. The molecule has 0 saturated carbocycles. The lowest BCUT2D eigenvalue weighted by Crippen LogP contribution is -2.56. The zero-order valence-electron chi connectivity index (χ0n) is 21.9. The van der Waals surface area contributed by atoms with Gasteiger partial charge in [-0.15, -0.1) is 0 Å². The fourth-order valence-corrected chi connectivity index (χ4v) is 5.39. The second kappa shape index (κ2) is 11.8. The topological polar surface area (TPSA) is 26.8 Å². The number of benzene rings is 3. The Morgan fingerprint density at radius 1 is 0.889 bits per heavy atom. The Hall–Kier alpha value is -3.02. The van der Waals surface area contributed by atoms with Gasteiger partial charge in [0.05, 0.1) is 6.04 Å². The number of carbonyl (C=O) groups excluding carboxylic acids is 1. The van der Waals surface area contributed by atoms with E-state index in [0.29, 0.717) is 25.2 Å². The van der Waals surface area contributed by atoms with E-state index in [1.807, 2.05) is 36.9 Å². The normalized spacial score (nSPS) is 19.7. The fraction of sp³-hybridized carbons (Fsp3) is 0.387. The van der Waals surface area contributed by atoms with E-state index in [0.717, 1.165) is 30.8 Å². The molecule has 0 radical (unpaired) electrons. The van der Waals surface area contributed by atoms with E-state index in [9.17, 15) is 9.18 Å². The van der Waals surface area contributed by atoms with Crippen LogP contribution in [0.3, 0.4) is 0 Å². The summed E-state index contributed by atoms with van der Waals surface area (Å²) in [7, 11) is 0. The molecule has 190 valence electrons. The number of nitrogens with zero attached hydrogens (tertiary/aromatic N) is 3. The third kappa shape index (κ3) is 5.85. The monoisotopic (exact) mass is 487 g/mol. The van der Waals surface area contributed by atoms with Gasteiger partial charge in [-0.25, -0.2) is 4.39 Å². The number of piperazine rings is 1. The Bertz CT molecular complexity index is 1130. The molecule has 1 fully saturated rings. The molecule has 3 atom stereocenters. The maximum atomic E-state index is 13.8. The summed E-state index contributed by atoms with van der Waals surface area (Å²) >= 11 is 0. The first-order valence-electron chi connectivity index (χ1n) is 13.1. The van der Waals surface area contributed by atoms with Crippen LogP contribution >= 0.6 is 0 Å². The van der Waals surface area contributed by atoms with Gasteiger partial charge < -0.3 is 4.90 Å². The van der Waals surface area contributed by atoms with Gasteiger partial charge in [-0.3, -0.25) is 14.6 Å². The highest BCUT2D eigenvalue weighted by Gasteiger charge is 2.34. The van der Waals surface area contributed by atoms with E-state index in [-0.39, 0.29) is 17.8 Å². The molecule has 0 spiro atoms. The molecule has 0 N–H and O–H groups in total. The second-order valence-corrected chi connectivity index (χ2v) is 9.87. The van der Waals surface area contributed by atoms with Crippen molar-refractivity contribution < 1.29 is 9.18 Å². The van der Waals surface area contributed by atoms with Crippen molar-refractivity contribution in [2.45, 2.75) is 52.4 Å². The third-order valence-corrected chi connectivity index (χ3v) is 7.41. The first kappa shape index (κ1) is 26.1. The van der Waals surface area contributed by atoms with Crippen LogP contribution in [0.2, 0.25) is 0 Å². The fourth-order valence-electron chi connectivity index (χ4n) is 5.39. The summed E-state index contributed by atoms with van der Waals surface area (Å²) in [4.78, 5) is 19.7. The minimum absolute atomic E-state index is 0.0794. The Kier molecular flexibility index (Phi) is 8.55. The Morgan fingerprint density at radius 3 is 2.19 bits per heavy atom. The summed E-state index contributed by atoms with van der Waals surface area (Å²) in [5, 5.41) is 0. The molecule has 1 aliphatic heterocycles. The summed E-state index contributed by atoms with van der Waals surface area (Å²) in [5.74, 6) is -0.102. The van der Waals surface area contributed by atoms with Crippen molar-refractivity contribution in [3.05, 3.63) is 107 Å². The molecule has 3 aromatic carbocycles. The summed E-state index contributed by atoms with van der Waals surface area (Å²) in [6.07, 6.45) is 0. The number of halogens is 1. The lowest BCUT2D eigenvalue weighted by atomic mass is 9.92. The van der Waals surface area contributed by atoms with Crippen LogP contribution in [-0.4, -0.2) is 58.9 Å². The van der Waals surface area contributed by atoms with Crippen molar-refractivity contribution in [1.82, 2.24) is 14.7 Å². The average molecular weight is 488 g/mol. The van der Waals surface area contributed by atoms with Gasteiger partial charge >= 0.3 is 0 Å². The van der Waals surface area contributed by atoms with Gasteiger partial charge in [0.15, 0.2) is 0 Å². The number of rotatable bonds is 8. The summed E-state index contributed by atoms with van der Waals surface area (Å²) in [6, 6.07) is 26.4. The van der Waals surface area contributed by atoms with Crippen molar-refractivity contribution in [1.29, 1.82) is 0 Å². The van der Waals surface area contributed by atoms with Gasteiger partial charge in [0.2, 0.25) is 0 Å². The smallest absolute Gasteiger partial charge is 0.253 e. The molecule has 4 rings (SSSR count). The van der Waals surface area contributed by atoms with Crippen LogP contribution in [0.5, 0.6) is 0 Å². The Labute approximate surface area is 215 Å². The highest BCUT2D eigenvalue weighted by atomic mass is 19.1. The van der Waals surface area contributed by atoms with E-state index >= 15 is 0 Å². The minimum atomic E-state index is -0.182. The van der Waals surface area contributed by atoms with E-state index in [4.69, 9.17) is 0 Å². The summed E-state index contributed by atoms with van der Waals surface area (Å²) < 4.78 is 13.8. The zero-order valence-corrected chi connectivity index (χ0v) is 21.9. The minimum Gasteiger partial charge on any atom is -0.339 e. The number of amides is 1. The molecule has 5 heteroatoms. The first-order valence-corrected chi connectivity index (χ1v) is 13.1. The molecule has 1 saturated heterocycles. The average Bonchev–Trinajstić information content (AvgIpc) is 2.89. The van der Waals surface area contributed by atoms with Crippen molar-refractivity contribution in [3.63, 3.8) is 0 Å². The molecular weight excluding hydrogens is 449 g/mol. The van der Waals surface area contributed by atoms with Crippen LogP contribution in [0.4, 0.5) is 4.39 Å². The van der Waals surface area contributed by atoms with Crippen molar-refractivity contribution in [2.24, 2.45) is 0 Å². The van der Waals surface area contributed by atoms with Gasteiger partial charge in [0.1, 0.15) is 5.82 Å². The summed E-state index contributed by atoms with van der Waals surface area (Å²) in [5.41, 5.74) is 4.18. The molecule has 1 amide bonds. The van der Waals surface area contributed by atoms with E-state index < -0.39 is 0 Å². The Morgan fingerprint density at radius 2 is 1.56 bits per heavy atom. The highest BCUT2D eigenvalue weighted by molar-refractivity contribution is 5.94. The summed E-state index contributed by atoms with van der Waals surface area (Å²) in [6.45, 7) is 12.5. The quantitative estimate of drug-likeness (QED) is 0.390. The molecule has 3 aromatic rings. The molecule has 0 aliphatic carbocycles. The largest absolute Gasteiger partial charge is 0.339 e. The highest BCUT2D eigenvalue weighted by Crippen LogP contribution is 2.34. The SMILES string of the molecule is CCN(CC)C(=O)c1ccc(C(c2ccccc2)N2CC(C)N(Cc3cccc(F)c3)CC2C)cc1. The van der Waals surface area contributed by atoms with E-state index in [1.165, 1.54) is 17.2 Å². The van der Waals surface area contributed by atoms with E-state index in [1.54, 1.807) is 12.1 Å². The van der Waals surface area contributed by atoms with Gasteiger partial charge in [0, 0.05) is 50.4 Å². The van der Waals surface area contributed by atoms with Crippen LogP contribution in [-0.2, 0) is 6.54 Å². The van der Waals surface area contributed by atoms with Crippen molar-refractivity contribution >= 4 is 5.91 Å². The lowest BCUT2D eigenvalue weighted by Gasteiger charge is -2.47. The predicted octanol–water partition coefficient (Wildman–Crippen LogP) is 5.99. The number of hydrogen-bond donors (Lipinski definition) is 0. The molecule has 1 heterocycles. The van der Waals surface area contributed by atoms with Crippen LogP contribution in [0.25, 0.3) is 0 Å². The lowest BCUT2D eigenvalue weighted by molar-refractivity contribution is 0.0195. The molecule has 0 aromatic heterocycles. The third-order valence-electron chi connectivity index (χ3n) is 7.41. The van der Waals surface area contributed by atoms with Crippen molar-refractivity contribution in [2.75, 3.05) is 26.2 Å². The van der Waals surface area contributed by atoms with Crippen molar-refractivity contribution in [3.8, 4) is 0 Å². The van der Waals surface area contributed by atoms with Crippen LogP contribution in [0.1, 0.15) is 60.8 Å². The van der Waals surface area contributed by atoms with Gasteiger partial charge in [-0.1, -0.05) is 54.6 Å². The maximum Gasteiger partial charge on any atom is 0.253 e. The standard InChI is InChI=1S/C31H38FN3O/c1-5-33(6-2)31(36)28-17-15-27(16-18-28)30(26-12-8-7-9-13-26)35-21-23(3)34(20-24(35)4)22-25-11-10-14-29(32)19-25/h7-19,23-24,30H,5-6,20-22H2,1-4H3. The van der Waals surface area contributed by atoms with Gasteiger partial charge in [-0.2, -0.15) is 0 Å². The van der Waals surface area contributed by atoms with E-state index in [2.05, 4.69) is 66.1 Å². The van der Waals surface area contributed by atoms with Crippen LogP contribution < -0.4 is 0 Å². The first-order chi connectivity index (χ1) is 17.4. The molecule has 4 nitrogen and oxygen atoms in total. The van der Waals surface area contributed by atoms with Gasteiger partial charge in [0.25, 0.3) is 5.91 Å². The zero-order chi connectivity index (χ0) is 25.7.